The van der Waals surface area contributed by atoms with E-state index < -0.39 is 10.0 Å². The molecule has 0 aliphatic heterocycles. The van der Waals surface area contributed by atoms with Crippen molar-refractivity contribution in [3.63, 3.8) is 0 Å². The summed E-state index contributed by atoms with van der Waals surface area (Å²) >= 11 is 0. The normalized spacial score (nSPS) is 12.2. The van der Waals surface area contributed by atoms with Gasteiger partial charge in [0.05, 0.1) is 23.2 Å². The van der Waals surface area contributed by atoms with Gasteiger partial charge in [0.15, 0.2) is 0 Å². The van der Waals surface area contributed by atoms with Gasteiger partial charge < -0.3 is 10.1 Å². The Morgan fingerprint density at radius 2 is 1.64 bits per heavy atom. The second-order valence-electron chi connectivity index (χ2n) is 8.10. The standard InChI is InChI=1S/C26H30N2O4S/c1-6-32-23-12-10-21(11-13-23)20(5)27-26(29)22-9-8-18(3)25(16-22)33(30,31)28-24-14-7-17(2)15-19(24)4/h7-16,20,28H,6H2,1-5H3,(H,27,29)/t20-/m0/s1. The Morgan fingerprint density at radius 1 is 0.939 bits per heavy atom. The van der Waals surface area contributed by atoms with Gasteiger partial charge in [0.2, 0.25) is 0 Å². The van der Waals surface area contributed by atoms with Gasteiger partial charge in [0.25, 0.3) is 15.9 Å². The Labute approximate surface area is 196 Å². The third-order valence-electron chi connectivity index (χ3n) is 5.40. The summed E-state index contributed by atoms with van der Waals surface area (Å²) in [4.78, 5) is 13.0. The van der Waals surface area contributed by atoms with Gasteiger partial charge in [0, 0.05) is 5.56 Å². The second-order valence-corrected chi connectivity index (χ2v) is 9.75. The van der Waals surface area contributed by atoms with Crippen molar-refractivity contribution >= 4 is 21.6 Å². The Bertz CT molecular complexity index is 1250. The largest absolute Gasteiger partial charge is 0.494 e. The summed E-state index contributed by atoms with van der Waals surface area (Å²) in [5.41, 5.74) is 4.14. The van der Waals surface area contributed by atoms with Crippen molar-refractivity contribution in [2.75, 3.05) is 11.3 Å². The quantitative estimate of drug-likeness (QED) is 0.472. The lowest BCUT2D eigenvalue weighted by atomic mass is 10.1. The Balaban J connectivity index is 1.80. The molecule has 0 heterocycles. The molecule has 0 fully saturated rings. The van der Waals surface area contributed by atoms with E-state index in [1.165, 1.54) is 6.07 Å². The molecule has 1 atom stereocenters. The zero-order valence-electron chi connectivity index (χ0n) is 19.6. The molecule has 0 radical (unpaired) electrons. The van der Waals surface area contributed by atoms with Crippen LogP contribution in [-0.4, -0.2) is 20.9 Å². The van der Waals surface area contributed by atoms with Crippen molar-refractivity contribution in [1.29, 1.82) is 0 Å². The van der Waals surface area contributed by atoms with Crippen molar-refractivity contribution < 1.29 is 17.9 Å². The minimum Gasteiger partial charge on any atom is -0.494 e. The summed E-state index contributed by atoms with van der Waals surface area (Å²) < 4.78 is 34.3. The number of carbonyl (C=O) groups is 1. The fourth-order valence-electron chi connectivity index (χ4n) is 3.54. The third kappa shape index (κ3) is 5.93. The summed E-state index contributed by atoms with van der Waals surface area (Å²) in [7, 11) is -3.87. The molecule has 0 aromatic heterocycles. The topological polar surface area (TPSA) is 84.5 Å². The highest BCUT2D eigenvalue weighted by Crippen LogP contribution is 2.24. The first-order valence-corrected chi connectivity index (χ1v) is 12.3. The van der Waals surface area contributed by atoms with Gasteiger partial charge in [-0.3, -0.25) is 9.52 Å². The molecule has 3 aromatic carbocycles. The van der Waals surface area contributed by atoms with Gasteiger partial charge in [-0.1, -0.05) is 35.9 Å². The summed E-state index contributed by atoms with van der Waals surface area (Å²) in [5.74, 6) is 0.420. The van der Waals surface area contributed by atoms with Crippen LogP contribution in [0, 0.1) is 20.8 Å². The highest BCUT2D eigenvalue weighted by atomic mass is 32.2. The van der Waals surface area contributed by atoms with Crippen LogP contribution in [0.4, 0.5) is 5.69 Å². The van der Waals surface area contributed by atoms with Crippen LogP contribution in [0.3, 0.4) is 0 Å². The molecular formula is C26H30N2O4S. The molecule has 33 heavy (non-hydrogen) atoms. The smallest absolute Gasteiger partial charge is 0.262 e. The molecule has 0 saturated carbocycles. The van der Waals surface area contributed by atoms with E-state index in [0.717, 1.165) is 22.4 Å². The maximum Gasteiger partial charge on any atom is 0.262 e. The number of amides is 1. The van der Waals surface area contributed by atoms with Gasteiger partial charge >= 0.3 is 0 Å². The minimum absolute atomic E-state index is 0.0730. The molecule has 0 unspecified atom stereocenters. The second kappa shape index (κ2) is 10.1. The molecule has 0 spiro atoms. The molecule has 0 aliphatic carbocycles. The van der Waals surface area contributed by atoms with Crippen molar-refractivity contribution in [3.8, 4) is 5.75 Å². The molecule has 7 heteroatoms. The number of hydrogen-bond acceptors (Lipinski definition) is 4. The van der Waals surface area contributed by atoms with E-state index in [1.54, 1.807) is 25.1 Å². The van der Waals surface area contributed by atoms with Crippen LogP contribution in [0.5, 0.6) is 5.75 Å². The molecule has 0 bridgehead atoms. The molecule has 1 amide bonds. The number of hydrogen-bond donors (Lipinski definition) is 2. The number of aryl methyl sites for hydroxylation is 3. The first-order chi connectivity index (χ1) is 15.6. The van der Waals surface area contributed by atoms with E-state index in [4.69, 9.17) is 4.74 Å². The SMILES string of the molecule is CCOc1ccc([C@H](C)NC(=O)c2ccc(C)c(S(=O)(=O)Nc3ccc(C)cc3C)c2)cc1. The predicted molar refractivity (Wildman–Crippen MR) is 131 cm³/mol. The van der Waals surface area contributed by atoms with Crippen LogP contribution >= 0.6 is 0 Å². The fraction of sp³-hybridized carbons (Fsp3) is 0.269. The number of nitrogens with one attached hydrogen (secondary N) is 2. The monoisotopic (exact) mass is 466 g/mol. The Hall–Kier alpha value is -3.32. The molecule has 0 aliphatic rings. The number of ether oxygens (including phenoxy) is 1. The first kappa shape index (κ1) is 24.3. The van der Waals surface area contributed by atoms with Crippen molar-refractivity contribution in [3.05, 3.63) is 88.5 Å². The van der Waals surface area contributed by atoms with Crippen LogP contribution in [0.1, 0.15) is 52.5 Å². The minimum atomic E-state index is -3.87. The molecule has 3 aromatic rings. The van der Waals surface area contributed by atoms with Crippen molar-refractivity contribution in [2.24, 2.45) is 0 Å². The maximum absolute atomic E-state index is 13.1. The molecule has 174 valence electrons. The van der Waals surface area contributed by atoms with E-state index in [2.05, 4.69) is 10.0 Å². The zero-order chi connectivity index (χ0) is 24.2. The van der Waals surface area contributed by atoms with Crippen LogP contribution in [0.15, 0.2) is 65.6 Å². The Morgan fingerprint density at radius 3 is 2.27 bits per heavy atom. The third-order valence-corrected chi connectivity index (χ3v) is 6.91. The van der Waals surface area contributed by atoms with E-state index >= 15 is 0 Å². The lowest BCUT2D eigenvalue weighted by molar-refractivity contribution is 0.0939. The van der Waals surface area contributed by atoms with Gasteiger partial charge in [-0.25, -0.2) is 8.42 Å². The summed E-state index contributed by atoms with van der Waals surface area (Å²) in [6, 6.07) is 17.5. The van der Waals surface area contributed by atoms with E-state index in [9.17, 15) is 13.2 Å². The molecule has 6 nitrogen and oxygen atoms in total. The van der Waals surface area contributed by atoms with Gasteiger partial charge in [-0.15, -0.1) is 0 Å². The lowest BCUT2D eigenvalue weighted by Gasteiger charge is -2.17. The highest BCUT2D eigenvalue weighted by molar-refractivity contribution is 7.92. The maximum atomic E-state index is 13.1. The number of rotatable bonds is 8. The predicted octanol–water partition coefficient (Wildman–Crippen LogP) is 5.30. The van der Waals surface area contributed by atoms with Crippen LogP contribution in [-0.2, 0) is 10.0 Å². The van der Waals surface area contributed by atoms with Crippen molar-refractivity contribution in [2.45, 2.75) is 45.6 Å². The lowest BCUT2D eigenvalue weighted by Crippen LogP contribution is -2.27. The number of anilines is 1. The van der Waals surface area contributed by atoms with Gasteiger partial charge in [-0.2, -0.15) is 0 Å². The summed E-state index contributed by atoms with van der Waals surface area (Å²) in [6.07, 6.45) is 0. The highest BCUT2D eigenvalue weighted by Gasteiger charge is 2.21. The Kier molecular flexibility index (Phi) is 7.43. The average molecular weight is 467 g/mol. The zero-order valence-corrected chi connectivity index (χ0v) is 20.4. The van der Waals surface area contributed by atoms with Crippen LogP contribution in [0.25, 0.3) is 0 Å². The average Bonchev–Trinajstić information content (AvgIpc) is 2.76. The molecular weight excluding hydrogens is 436 g/mol. The summed E-state index contributed by atoms with van der Waals surface area (Å²) in [5, 5.41) is 2.93. The van der Waals surface area contributed by atoms with Gasteiger partial charge in [0.1, 0.15) is 5.75 Å². The summed E-state index contributed by atoms with van der Waals surface area (Å²) in [6.45, 7) is 9.89. The molecule has 0 saturated heterocycles. The number of carbonyl (C=O) groups excluding carboxylic acids is 1. The van der Waals surface area contributed by atoms with Crippen LogP contribution < -0.4 is 14.8 Å². The molecule has 3 rings (SSSR count). The van der Waals surface area contributed by atoms with Crippen LogP contribution in [0.2, 0.25) is 0 Å². The van der Waals surface area contributed by atoms with E-state index in [-0.39, 0.29) is 22.4 Å². The van der Waals surface area contributed by atoms with Gasteiger partial charge in [-0.05, 0) is 81.6 Å². The van der Waals surface area contributed by atoms with Crippen molar-refractivity contribution in [1.82, 2.24) is 5.32 Å². The fourth-order valence-corrected chi connectivity index (χ4v) is 4.94. The first-order valence-electron chi connectivity index (χ1n) is 10.8. The number of sulfonamides is 1. The number of benzene rings is 3. The molecule has 2 N–H and O–H groups in total. The van der Waals surface area contributed by atoms with E-state index in [1.807, 2.05) is 64.1 Å². The van der Waals surface area contributed by atoms with E-state index in [0.29, 0.717) is 17.9 Å².